The van der Waals surface area contributed by atoms with Crippen LogP contribution in [-0.2, 0) is 23.9 Å². The molecular weight excluding hydrogens is 198 g/mol. The molecule has 0 N–H and O–H groups in total. The number of rotatable bonds is 2. The average Bonchev–Trinajstić information content (AvgIpc) is 2.47. The molecule has 1 unspecified atom stereocenters. The van der Waals surface area contributed by atoms with Gasteiger partial charge in [-0.15, -0.1) is 0 Å². The monoisotopic (exact) mass is 208 g/mol. The second-order valence-corrected chi connectivity index (χ2v) is 4.16. The van der Waals surface area contributed by atoms with Crippen molar-refractivity contribution in [2.24, 2.45) is 7.05 Å². The van der Waals surface area contributed by atoms with Crippen LogP contribution in [0.15, 0.2) is 30.5 Å². The molecule has 0 amide bonds. The molecule has 14 heavy (non-hydrogen) atoms. The molecule has 0 aliphatic rings. The summed E-state index contributed by atoms with van der Waals surface area (Å²) in [7, 11) is 1.94. The number of hydrogen-bond acceptors (Lipinski definition) is 2. The molecule has 0 saturated carbocycles. The minimum Gasteiger partial charge on any atom is -0.772 e. The maximum Gasteiger partial charge on any atom is 0.0480 e. The van der Waals surface area contributed by atoms with E-state index in [0.29, 0.717) is 0 Å². The lowest BCUT2D eigenvalue weighted by atomic mass is 10.2. The Morgan fingerprint density at radius 2 is 2.21 bits per heavy atom. The van der Waals surface area contributed by atoms with E-state index in [0.717, 1.165) is 16.5 Å². The van der Waals surface area contributed by atoms with Crippen LogP contribution < -0.4 is 0 Å². The van der Waals surface area contributed by atoms with Crippen LogP contribution in [0, 0.1) is 0 Å². The Kier molecular flexibility index (Phi) is 2.39. The Balaban J connectivity index is 2.49. The van der Waals surface area contributed by atoms with Gasteiger partial charge < -0.3 is 9.12 Å². The molecule has 0 radical (unpaired) electrons. The van der Waals surface area contributed by atoms with Gasteiger partial charge in [-0.1, -0.05) is 23.2 Å². The summed E-state index contributed by atoms with van der Waals surface area (Å²) in [6.45, 7) is 0. The Bertz CT molecular complexity index is 490. The maximum atomic E-state index is 10.5. The van der Waals surface area contributed by atoms with Gasteiger partial charge in [0.05, 0.1) is 0 Å². The van der Waals surface area contributed by atoms with Gasteiger partial charge in [0.1, 0.15) is 0 Å². The van der Waals surface area contributed by atoms with E-state index in [-0.39, 0.29) is 5.75 Å². The number of hydrogen-bond donors (Lipinski definition) is 0. The van der Waals surface area contributed by atoms with Gasteiger partial charge in [-0.25, -0.2) is 0 Å². The average molecular weight is 208 g/mol. The summed E-state index contributed by atoms with van der Waals surface area (Å²) in [5.74, 6) is 0.0844. The van der Waals surface area contributed by atoms with E-state index in [1.807, 2.05) is 42.1 Å². The second kappa shape index (κ2) is 3.55. The number of benzene rings is 1. The van der Waals surface area contributed by atoms with Crippen LogP contribution in [0.3, 0.4) is 0 Å². The smallest absolute Gasteiger partial charge is 0.0480 e. The maximum absolute atomic E-state index is 10.5. The molecule has 1 heterocycles. The zero-order chi connectivity index (χ0) is 10.1. The van der Waals surface area contributed by atoms with Crippen LogP contribution >= 0.6 is 0 Å². The van der Waals surface area contributed by atoms with E-state index in [1.54, 1.807) is 0 Å². The second-order valence-electron chi connectivity index (χ2n) is 3.27. The highest BCUT2D eigenvalue weighted by molar-refractivity contribution is 7.78. The molecule has 3 nitrogen and oxygen atoms in total. The number of aryl methyl sites for hydroxylation is 1. The highest BCUT2D eigenvalue weighted by Crippen LogP contribution is 2.17. The largest absolute Gasteiger partial charge is 0.772 e. The van der Waals surface area contributed by atoms with Crippen LogP contribution in [-0.4, -0.2) is 13.3 Å². The Morgan fingerprint density at radius 1 is 1.43 bits per heavy atom. The molecule has 1 aromatic heterocycles. The fourth-order valence-electron chi connectivity index (χ4n) is 1.53. The zero-order valence-corrected chi connectivity index (χ0v) is 8.58. The number of aromatic nitrogens is 1. The first-order chi connectivity index (χ1) is 6.66. The van der Waals surface area contributed by atoms with E-state index in [9.17, 15) is 8.76 Å². The SMILES string of the molecule is Cn1ccc2ccc(CS(=O)[O-])cc21. The van der Waals surface area contributed by atoms with Crippen molar-refractivity contribution in [3.05, 3.63) is 36.0 Å². The summed E-state index contributed by atoms with van der Waals surface area (Å²) in [5.41, 5.74) is 1.89. The fourth-order valence-corrected chi connectivity index (χ4v) is 1.99. The molecule has 2 rings (SSSR count). The molecule has 0 aliphatic heterocycles. The van der Waals surface area contributed by atoms with E-state index in [1.165, 1.54) is 0 Å². The van der Waals surface area contributed by atoms with Crippen molar-refractivity contribution in [2.45, 2.75) is 5.75 Å². The number of nitrogens with zero attached hydrogens (tertiary/aromatic N) is 1. The molecule has 1 atom stereocenters. The highest BCUT2D eigenvalue weighted by Gasteiger charge is 1.99. The highest BCUT2D eigenvalue weighted by atomic mass is 32.2. The first-order valence-electron chi connectivity index (χ1n) is 4.26. The summed E-state index contributed by atoms with van der Waals surface area (Å²) in [4.78, 5) is 0. The van der Waals surface area contributed by atoms with Crippen molar-refractivity contribution in [2.75, 3.05) is 0 Å². The third-order valence-electron chi connectivity index (χ3n) is 2.24. The Labute approximate surface area is 84.6 Å². The quantitative estimate of drug-likeness (QED) is 0.703. The van der Waals surface area contributed by atoms with E-state index >= 15 is 0 Å². The van der Waals surface area contributed by atoms with Crippen molar-refractivity contribution in [1.82, 2.24) is 4.57 Å². The first kappa shape index (κ1) is 9.43. The van der Waals surface area contributed by atoms with E-state index in [2.05, 4.69) is 0 Å². The van der Waals surface area contributed by atoms with Crippen LogP contribution in [0.4, 0.5) is 0 Å². The lowest BCUT2D eigenvalue weighted by Gasteiger charge is -2.05. The van der Waals surface area contributed by atoms with Gasteiger partial charge in [0.2, 0.25) is 0 Å². The molecule has 0 spiro atoms. The third-order valence-corrected chi connectivity index (χ3v) is 2.81. The molecule has 2 aromatic rings. The normalized spacial score (nSPS) is 13.3. The summed E-state index contributed by atoms with van der Waals surface area (Å²) in [6.07, 6.45) is 1.96. The van der Waals surface area contributed by atoms with Gasteiger partial charge in [0, 0.05) is 24.5 Å². The van der Waals surface area contributed by atoms with Crippen molar-refractivity contribution in [1.29, 1.82) is 0 Å². The molecule has 4 heteroatoms. The van der Waals surface area contributed by atoms with Gasteiger partial charge in [-0.3, -0.25) is 4.21 Å². The van der Waals surface area contributed by atoms with Crippen molar-refractivity contribution in [3.63, 3.8) is 0 Å². The van der Waals surface area contributed by atoms with Gasteiger partial charge in [-0.2, -0.15) is 0 Å². The van der Waals surface area contributed by atoms with E-state index < -0.39 is 11.1 Å². The van der Waals surface area contributed by atoms with Gasteiger partial charge >= 0.3 is 0 Å². The van der Waals surface area contributed by atoms with Crippen LogP contribution in [0.2, 0.25) is 0 Å². The van der Waals surface area contributed by atoms with Crippen LogP contribution in [0.1, 0.15) is 5.56 Å². The van der Waals surface area contributed by atoms with E-state index in [4.69, 9.17) is 0 Å². The minimum atomic E-state index is -2.01. The minimum absolute atomic E-state index is 0.0844. The molecule has 74 valence electrons. The van der Waals surface area contributed by atoms with Crippen LogP contribution in [0.25, 0.3) is 10.9 Å². The van der Waals surface area contributed by atoms with Crippen molar-refractivity contribution in [3.8, 4) is 0 Å². The molecule has 0 aliphatic carbocycles. The molecule has 0 saturated heterocycles. The Hall–Kier alpha value is -1.13. The topological polar surface area (TPSA) is 45.1 Å². The van der Waals surface area contributed by atoms with Crippen LogP contribution in [0.5, 0.6) is 0 Å². The summed E-state index contributed by atoms with van der Waals surface area (Å²) >= 11 is -2.01. The van der Waals surface area contributed by atoms with Gasteiger partial charge in [0.25, 0.3) is 0 Å². The van der Waals surface area contributed by atoms with Gasteiger partial charge in [0.15, 0.2) is 0 Å². The standard InChI is InChI=1S/C10H11NO2S/c1-11-5-4-9-3-2-8(6-10(9)11)7-14(12)13/h2-6H,7H2,1H3,(H,12,13)/p-1. The Morgan fingerprint density at radius 3 is 2.93 bits per heavy atom. The summed E-state index contributed by atoms with van der Waals surface area (Å²) < 4.78 is 23.0. The number of fused-ring (bicyclic) bond motifs is 1. The zero-order valence-electron chi connectivity index (χ0n) is 7.77. The third kappa shape index (κ3) is 1.71. The molecule has 1 aromatic carbocycles. The van der Waals surface area contributed by atoms with Gasteiger partial charge in [-0.05, 0) is 23.1 Å². The fraction of sp³-hybridized carbons (Fsp3) is 0.200. The summed E-state index contributed by atoms with van der Waals surface area (Å²) in [6, 6.07) is 7.70. The lowest BCUT2D eigenvalue weighted by molar-refractivity contribution is 0.536. The van der Waals surface area contributed by atoms with Crippen molar-refractivity contribution < 1.29 is 8.76 Å². The predicted octanol–water partition coefficient (Wildman–Crippen LogP) is 1.56. The lowest BCUT2D eigenvalue weighted by Crippen LogP contribution is -1.93. The predicted molar refractivity (Wildman–Crippen MR) is 55.5 cm³/mol. The molecular formula is C10H10NO2S-. The first-order valence-corrected chi connectivity index (χ1v) is 5.51. The van der Waals surface area contributed by atoms with Crippen molar-refractivity contribution >= 4 is 22.0 Å². The molecule has 0 fully saturated rings. The summed E-state index contributed by atoms with van der Waals surface area (Å²) in [5, 5.41) is 1.13. The molecule has 0 bridgehead atoms.